The third-order valence-electron chi connectivity index (χ3n) is 3.00. The summed E-state index contributed by atoms with van der Waals surface area (Å²) in [6.07, 6.45) is 8.74. The number of rotatable bonds is 6. The second-order valence-electron chi connectivity index (χ2n) is 3.67. The van der Waals surface area contributed by atoms with Gasteiger partial charge in [0, 0.05) is 0 Å². The molecule has 0 atom stereocenters. The summed E-state index contributed by atoms with van der Waals surface area (Å²) in [5.41, 5.74) is 0. The molecule has 0 spiro atoms. The molecule has 0 radical (unpaired) electrons. The molecule has 0 saturated heterocycles. The third kappa shape index (κ3) is 23.6. The molecule has 112 valence electrons. The SMILES string of the molecule is CC[PH+](CC)CC.CC[PH+](CC)CC.[Cl][Pt][Cl]. The first-order valence-corrected chi connectivity index (χ1v) is 16.5. The second kappa shape index (κ2) is 23.2. The predicted molar refractivity (Wildman–Crippen MR) is 91.6 cm³/mol. The third-order valence-corrected chi connectivity index (χ3v) is 9.00. The van der Waals surface area contributed by atoms with Crippen LogP contribution in [-0.2, 0) is 16.5 Å². The molecule has 0 aliphatic heterocycles. The maximum absolute atomic E-state index is 4.88. The molecule has 0 heterocycles. The Kier molecular flexibility index (Phi) is 33.0. The number of hydrogen-bond acceptors (Lipinski definition) is 0. The Labute approximate surface area is 129 Å². The quantitative estimate of drug-likeness (QED) is 0.396. The van der Waals surface area contributed by atoms with Gasteiger partial charge in [-0.15, -0.1) is 0 Å². The first kappa shape index (κ1) is 24.2. The topological polar surface area (TPSA) is 0 Å². The summed E-state index contributed by atoms with van der Waals surface area (Å²) in [5, 5.41) is 0. The molecule has 0 rings (SSSR count). The summed E-state index contributed by atoms with van der Waals surface area (Å²) in [5.74, 6) is 0. The van der Waals surface area contributed by atoms with E-state index in [0.29, 0.717) is 0 Å². The molecule has 0 aliphatic rings. The van der Waals surface area contributed by atoms with Crippen molar-refractivity contribution in [3.63, 3.8) is 0 Å². The van der Waals surface area contributed by atoms with Crippen molar-refractivity contribution in [3.05, 3.63) is 0 Å². The van der Waals surface area contributed by atoms with Crippen molar-refractivity contribution in [2.24, 2.45) is 0 Å². The van der Waals surface area contributed by atoms with Crippen molar-refractivity contribution in [2.75, 3.05) is 37.0 Å². The molecule has 5 heteroatoms. The normalized spacial score (nSPS) is 9.76. The average Bonchev–Trinajstić information content (AvgIpc) is 2.35. The van der Waals surface area contributed by atoms with Crippen LogP contribution in [0.5, 0.6) is 0 Å². The van der Waals surface area contributed by atoms with Crippen LogP contribution < -0.4 is 0 Å². The first-order chi connectivity index (χ1) is 8.11. The predicted octanol–water partition coefficient (Wildman–Crippen LogP) is 5.90. The van der Waals surface area contributed by atoms with Crippen LogP contribution in [0.25, 0.3) is 0 Å². The monoisotopic (exact) mass is 503 g/mol. The molecule has 0 aromatic rings. The summed E-state index contributed by atoms with van der Waals surface area (Å²) >= 11 is -0.472. The fraction of sp³-hybridized carbons (Fsp3) is 1.00. The van der Waals surface area contributed by atoms with Crippen molar-refractivity contribution < 1.29 is 16.5 Å². The van der Waals surface area contributed by atoms with Gasteiger partial charge < -0.3 is 0 Å². The number of halogens is 2. The molecular weight excluding hydrogens is 472 g/mol. The molecule has 0 N–H and O–H groups in total. The van der Waals surface area contributed by atoms with E-state index in [2.05, 4.69) is 41.5 Å². The molecule has 0 fully saturated rings. The Bertz CT molecular complexity index is 87.7. The maximum atomic E-state index is 4.88. The van der Waals surface area contributed by atoms with Crippen LogP contribution in [0, 0.1) is 0 Å². The van der Waals surface area contributed by atoms with Crippen LogP contribution in [0.1, 0.15) is 41.5 Å². The Balaban J connectivity index is -0.000000188. The Morgan fingerprint density at radius 2 is 0.706 bits per heavy atom. The summed E-state index contributed by atoms with van der Waals surface area (Å²) in [4.78, 5) is 0. The van der Waals surface area contributed by atoms with Crippen molar-refractivity contribution in [1.29, 1.82) is 0 Å². The van der Waals surface area contributed by atoms with E-state index >= 15 is 0 Å². The molecule has 17 heavy (non-hydrogen) atoms. The van der Waals surface area contributed by atoms with E-state index in [1.165, 1.54) is 37.0 Å². The van der Waals surface area contributed by atoms with Crippen molar-refractivity contribution in [2.45, 2.75) is 41.5 Å². The van der Waals surface area contributed by atoms with Crippen LogP contribution >= 0.6 is 34.7 Å². The van der Waals surface area contributed by atoms with Gasteiger partial charge in [0.2, 0.25) is 0 Å². The molecule has 0 nitrogen and oxygen atoms in total. The van der Waals surface area contributed by atoms with E-state index < -0.39 is 16.5 Å². The Morgan fingerprint density at radius 1 is 0.588 bits per heavy atom. The van der Waals surface area contributed by atoms with Crippen LogP contribution in [0.4, 0.5) is 0 Å². The fourth-order valence-electron chi connectivity index (χ4n) is 1.50. The van der Waals surface area contributed by atoms with Gasteiger partial charge in [0.1, 0.15) is 0 Å². The van der Waals surface area contributed by atoms with Gasteiger partial charge in [0.25, 0.3) is 0 Å². The molecule has 0 saturated carbocycles. The van der Waals surface area contributed by atoms with Crippen molar-refractivity contribution >= 4 is 34.7 Å². The second-order valence-corrected chi connectivity index (χ2v) is 14.2. The van der Waals surface area contributed by atoms with Gasteiger partial charge in [-0.05, 0) is 57.4 Å². The van der Waals surface area contributed by atoms with Gasteiger partial charge >= 0.3 is 35.3 Å². The van der Waals surface area contributed by atoms with Crippen LogP contribution in [0.15, 0.2) is 0 Å². The summed E-state index contributed by atoms with van der Waals surface area (Å²) in [6, 6.07) is 0. The van der Waals surface area contributed by atoms with Crippen LogP contribution in [0.2, 0.25) is 0 Å². The van der Waals surface area contributed by atoms with Crippen molar-refractivity contribution in [3.8, 4) is 0 Å². The molecule has 0 amide bonds. The zero-order valence-corrected chi connectivity index (χ0v) is 18.1. The first-order valence-electron chi connectivity index (χ1n) is 6.60. The summed E-state index contributed by atoms with van der Waals surface area (Å²) in [7, 11) is 10.0. The van der Waals surface area contributed by atoms with E-state index in [0.717, 1.165) is 0 Å². The van der Waals surface area contributed by atoms with Crippen LogP contribution in [0.3, 0.4) is 0 Å². The zero-order chi connectivity index (χ0) is 14.1. The van der Waals surface area contributed by atoms with Crippen molar-refractivity contribution in [1.82, 2.24) is 0 Å². The molecule has 0 aliphatic carbocycles. The summed E-state index contributed by atoms with van der Waals surface area (Å²) in [6.45, 7) is 13.8. The fourth-order valence-corrected chi connectivity index (χ4v) is 4.50. The number of hydrogen-bond donors (Lipinski definition) is 0. The van der Waals surface area contributed by atoms with Gasteiger partial charge in [-0.25, -0.2) is 0 Å². The molecule has 0 bridgehead atoms. The minimum atomic E-state index is -0.472. The Hall–Kier alpha value is 2.13. The molecule has 0 aromatic heterocycles. The van der Waals surface area contributed by atoms with E-state index in [1.54, 1.807) is 0 Å². The Morgan fingerprint density at radius 3 is 0.706 bits per heavy atom. The van der Waals surface area contributed by atoms with E-state index in [1.807, 2.05) is 0 Å². The van der Waals surface area contributed by atoms with Crippen LogP contribution in [-0.4, -0.2) is 37.0 Å². The molecule has 0 unspecified atom stereocenters. The average molecular weight is 504 g/mol. The van der Waals surface area contributed by atoms with Gasteiger partial charge in [0.15, 0.2) is 0 Å². The zero-order valence-electron chi connectivity index (χ0n) is 12.3. The van der Waals surface area contributed by atoms with Gasteiger partial charge in [-0.3, -0.25) is 0 Å². The van der Waals surface area contributed by atoms with Gasteiger partial charge in [0.05, 0.1) is 37.0 Å². The molecule has 0 aromatic carbocycles. The molecular formula is C12H32Cl2P2Pt+2. The van der Waals surface area contributed by atoms with Gasteiger partial charge in [-0.1, -0.05) is 0 Å². The van der Waals surface area contributed by atoms with E-state index in [4.69, 9.17) is 18.8 Å². The minimum absolute atomic E-state index is 0.137. The van der Waals surface area contributed by atoms with E-state index in [9.17, 15) is 0 Å². The van der Waals surface area contributed by atoms with E-state index in [-0.39, 0.29) is 15.8 Å². The summed E-state index contributed by atoms with van der Waals surface area (Å²) < 4.78 is 0. The van der Waals surface area contributed by atoms with Gasteiger partial charge in [-0.2, -0.15) is 0 Å². The standard InChI is InChI=1S/2C6H15P.2ClH.Pt/c2*1-4-7(5-2)6-3;;;/h2*4-6H2,1-3H3;2*1H;/q;;;;+2.